The van der Waals surface area contributed by atoms with E-state index in [-0.39, 0.29) is 0 Å². The Morgan fingerprint density at radius 1 is 1.38 bits per heavy atom. The summed E-state index contributed by atoms with van der Waals surface area (Å²) in [5.41, 5.74) is 1.48. The van der Waals surface area contributed by atoms with E-state index in [1.54, 1.807) is 6.07 Å². The first kappa shape index (κ1) is 11.2. The van der Waals surface area contributed by atoms with Gasteiger partial charge in [0.2, 0.25) is 0 Å². The van der Waals surface area contributed by atoms with Crippen molar-refractivity contribution in [2.45, 2.75) is 19.3 Å². The lowest BCUT2D eigenvalue weighted by atomic mass is 10.1. The summed E-state index contributed by atoms with van der Waals surface area (Å²) < 4.78 is 0.963. The van der Waals surface area contributed by atoms with Gasteiger partial charge in [0, 0.05) is 17.4 Å². The zero-order valence-electron chi connectivity index (χ0n) is 8.83. The SMILES string of the molecule is N#Cc1ccc(Br)cc1NC1=NCCCC1. The molecule has 16 heavy (non-hydrogen) atoms. The second kappa shape index (κ2) is 5.13. The summed E-state index contributed by atoms with van der Waals surface area (Å²) in [7, 11) is 0. The van der Waals surface area contributed by atoms with Gasteiger partial charge in [0.1, 0.15) is 11.9 Å². The Balaban J connectivity index is 2.23. The van der Waals surface area contributed by atoms with Gasteiger partial charge in [0.25, 0.3) is 0 Å². The van der Waals surface area contributed by atoms with E-state index in [0.717, 1.165) is 35.4 Å². The average molecular weight is 278 g/mol. The van der Waals surface area contributed by atoms with E-state index in [1.807, 2.05) is 12.1 Å². The third kappa shape index (κ3) is 2.61. The molecular weight excluding hydrogens is 266 g/mol. The Morgan fingerprint density at radius 3 is 2.94 bits per heavy atom. The molecule has 4 heteroatoms. The van der Waals surface area contributed by atoms with Crippen molar-refractivity contribution in [1.82, 2.24) is 0 Å². The minimum absolute atomic E-state index is 0.650. The summed E-state index contributed by atoms with van der Waals surface area (Å²) in [5.74, 6) is 0.987. The van der Waals surface area contributed by atoms with Gasteiger partial charge >= 0.3 is 0 Å². The maximum atomic E-state index is 8.99. The maximum Gasteiger partial charge on any atom is 0.101 e. The van der Waals surface area contributed by atoms with Crippen molar-refractivity contribution in [3.8, 4) is 6.07 Å². The summed E-state index contributed by atoms with van der Waals surface area (Å²) in [6, 6.07) is 7.76. The lowest BCUT2D eigenvalue weighted by molar-refractivity contribution is 0.737. The van der Waals surface area contributed by atoms with Gasteiger partial charge in [-0.25, -0.2) is 0 Å². The highest BCUT2D eigenvalue weighted by Gasteiger charge is 2.08. The Hall–Kier alpha value is -1.34. The smallest absolute Gasteiger partial charge is 0.101 e. The van der Waals surface area contributed by atoms with Crippen LogP contribution in [0.5, 0.6) is 0 Å². The van der Waals surface area contributed by atoms with Crippen LogP contribution in [-0.4, -0.2) is 12.4 Å². The molecule has 0 spiro atoms. The molecule has 3 nitrogen and oxygen atoms in total. The van der Waals surface area contributed by atoms with Crippen molar-refractivity contribution in [3.05, 3.63) is 28.2 Å². The monoisotopic (exact) mass is 277 g/mol. The van der Waals surface area contributed by atoms with E-state index in [1.165, 1.54) is 6.42 Å². The largest absolute Gasteiger partial charge is 0.343 e. The number of hydrogen-bond acceptors (Lipinski definition) is 3. The molecule has 0 amide bonds. The molecule has 1 heterocycles. The lowest BCUT2D eigenvalue weighted by Crippen LogP contribution is -2.16. The Bertz CT molecular complexity index is 460. The molecule has 82 valence electrons. The first-order chi connectivity index (χ1) is 7.79. The Morgan fingerprint density at radius 2 is 2.25 bits per heavy atom. The number of hydrogen-bond donors (Lipinski definition) is 1. The molecule has 1 aromatic carbocycles. The van der Waals surface area contributed by atoms with Crippen LogP contribution in [0.15, 0.2) is 27.7 Å². The molecule has 0 bridgehead atoms. The summed E-state index contributed by atoms with van der Waals surface area (Å²) >= 11 is 3.40. The van der Waals surface area contributed by atoms with Gasteiger partial charge < -0.3 is 5.32 Å². The van der Waals surface area contributed by atoms with Gasteiger partial charge in [-0.15, -0.1) is 0 Å². The predicted octanol–water partition coefficient (Wildman–Crippen LogP) is 3.32. The second-order valence-corrected chi connectivity index (χ2v) is 4.63. The van der Waals surface area contributed by atoms with Crippen LogP contribution in [0.25, 0.3) is 0 Å². The molecule has 0 atom stereocenters. The van der Waals surface area contributed by atoms with Gasteiger partial charge in [-0.2, -0.15) is 5.26 Å². The maximum absolute atomic E-state index is 8.99. The molecular formula is C12H12BrN3. The van der Waals surface area contributed by atoms with Crippen LogP contribution in [0.3, 0.4) is 0 Å². The highest BCUT2D eigenvalue weighted by Crippen LogP contribution is 2.22. The van der Waals surface area contributed by atoms with E-state index in [0.29, 0.717) is 5.56 Å². The van der Waals surface area contributed by atoms with E-state index in [9.17, 15) is 0 Å². The van der Waals surface area contributed by atoms with Crippen LogP contribution < -0.4 is 5.32 Å². The fraction of sp³-hybridized carbons (Fsp3) is 0.333. The van der Waals surface area contributed by atoms with Gasteiger partial charge in [-0.3, -0.25) is 4.99 Å². The third-order valence-electron chi connectivity index (χ3n) is 2.51. The number of amidine groups is 1. The average Bonchev–Trinajstić information content (AvgIpc) is 2.31. The van der Waals surface area contributed by atoms with Gasteiger partial charge in [-0.1, -0.05) is 15.9 Å². The van der Waals surface area contributed by atoms with Crippen molar-refractivity contribution < 1.29 is 0 Å². The van der Waals surface area contributed by atoms with Crippen LogP contribution in [0.4, 0.5) is 5.69 Å². The summed E-state index contributed by atoms with van der Waals surface area (Å²) in [4.78, 5) is 4.41. The van der Waals surface area contributed by atoms with Gasteiger partial charge in [-0.05, 0) is 31.0 Å². The van der Waals surface area contributed by atoms with Gasteiger partial charge in [0.15, 0.2) is 0 Å². The van der Waals surface area contributed by atoms with Crippen LogP contribution in [0.1, 0.15) is 24.8 Å². The van der Waals surface area contributed by atoms with Crippen molar-refractivity contribution >= 4 is 27.5 Å². The lowest BCUT2D eigenvalue weighted by Gasteiger charge is -2.14. The molecule has 0 saturated carbocycles. The number of aliphatic imine (C=N–C) groups is 1. The molecule has 0 unspecified atom stereocenters. The number of nitrogens with zero attached hydrogens (tertiary/aromatic N) is 2. The molecule has 0 fully saturated rings. The fourth-order valence-corrected chi connectivity index (χ4v) is 2.03. The van der Waals surface area contributed by atoms with Crippen molar-refractivity contribution in [1.29, 1.82) is 5.26 Å². The molecule has 0 radical (unpaired) electrons. The quantitative estimate of drug-likeness (QED) is 0.856. The van der Waals surface area contributed by atoms with Crippen molar-refractivity contribution in [3.63, 3.8) is 0 Å². The molecule has 1 N–H and O–H groups in total. The number of benzene rings is 1. The number of halogens is 1. The topological polar surface area (TPSA) is 48.2 Å². The van der Waals surface area contributed by atoms with Crippen LogP contribution in [0, 0.1) is 11.3 Å². The number of rotatable bonds is 1. The Labute approximate surface area is 103 Å². The minimum Gasteiger partial charge on any atom is -0.343 e. The van der Waals surface area contributed by atoms with E-state index in [4.69, 9.17) is 5.26 Å². The summed E-state index contributed by atoms with van der Waals surface area (Å²) in [6.07, 6.45) is 3.30. The molecule has 1 aromatic rings. The zero-order valence-corrected chi connectivity index (χ0v) is 10.4. The minimum atomic E-state index is 0.650. The van der Waals surface area contributed by atoms with E-state index >= 15 is 0 Å². The fourth-order valence-electron chi connectivity index (χ4n) is 1.67. The first-order valence-electron chi connectivity index (χ1n) is 5.29. The summed E-state index contributed by atoms with van der Waals surface area (Å²) in [5, 5.41) is 12.2. The first-order valence-corrected chi connectivity index (χ1v) is 6.09. The standard InChI is InChI=1S/C12H12BrN3/c13-10-5-4-9(8-14)11(7-10)16-12-3-1-2-6-15-12/h4-5,7H,1-3,6H2,(H,15,16). The highest BCUT2D eigenvalue weighted by molar-refractivity contribution is 9.10. The molecule has 1 aliphatic heterocycles. The molecule has 2 rings (SSSR count). The number of nitriles is 1. The second-order valence-electron chi connectivity index (χ2n) is 3.71. The molecule has 0 aliphatic carbocycles. The van der Waals surface area contributed by atoms with Gasteiger partial charge in [0.05, 0.1) is 11.3 Å². The molecule has 0 saturated heterocycles. The number of anilines is 1. The molecule has 1 aliphatic rings. The third-order valence-corrected chi connectivity index (χ3v) is 3.00. The van der Waals surface area contributed by atoms with Crippen LogP contribution >= 0.6 is 15.9 Å². The van der Waals surface area contributed by atoms with Crippen molar-refractivity contribution in [2.24, 2.45) is 4.99 Å². The van der Waals surface area contributed by atoms with Crippen molar-refractivity contribution in [2.75, 3.05) is 11.9 Å². The van der Waals surface area contributed by atoms with E-state index < -0.39 is 0 Å². The number of nitrogens with one attached hydrogen (secondary N) is 1. The molecule has 0 aromatic heterocycles. The normalized spacial score (nSPS) is 15.1. The highest BCUT2D eigenvalue weighted by atomic mass is 79.9. The Kier molecular flexibility index (Phi) is 3.58. The van der Waals surface area contributed by atoms with E-state index in [2.05, 4.69) is 32.3 Å². The van der Waals surface area contributed by atoms with Crippen LogP contribution in [0.2, 0.25) is 0 Å². The summed E-state index contributed by atoms with van der Waals surface area (Å²) in [6.45, 7) is 0.887. The predicted molar refractivity (Wildman–Crippen MR) is 68.6 cm³/mol. The zero-order chi connectivity index (χ0) is 11.4. The van der Waals surface area contributed by atoms with Crippen LogP contribution in [-0.2, 0) is 0 Å².